The molecule has 130 valence electrons. The van der Waals surface area contributed by atoms with Crippen LogP contribution < -0.4 is 5.32 Å². The predicted octanol–water partition coefficient (Wildman–Crippen LogP) is 2.74. The molecule has 25 heavy (non-hydrogen) atoms. The molecule has 0 saturated heterocycles. The van der Waals surface area contributed by atoms with E-state index in [0.717, 1.165) is 27.6 Å². The number of hydrogen-bond donors (Lipinski definition) is 2. The van der Waals surface area contributed by atoms with Crippen molar-refractivity contribution >= 4 is 45.4 Å². The van der Waals surface area contributed by atoms with Crippen molar-refractivity contribution in [2.24, 2.45) is 0 Å². The average molecular weight is 357 g/mol. The van der Waals surface area contributed by atoms with Gasteiger partial charge in [-0.05, 0) is 30.6 Å². The van der Waals surface area contributed by atoms with E-state index in [9.17, 15) is 9.59 Å². The van der Waals surface area contributed by atoms with Gasteiger partial charge in [0.05, 0.1) is 18.8 Å². The molecule has 0 bridgehead atoms. The van der Waals surface area contributed by atoms with Gasteiger partial charge in [-0.3, -0.25) is 4.79 Å². The number of hydrogen-bond acceptors (Lipinski definition) is 5. The third kappa shape index (κ3) is 3.61. The van der Waals surface area contributed by atoms with Crippen molar-refractivity contribution in [2.75, 3.05) is 19.1 Å². The number of nitrogens with zero attached hydrogens (tertiary/aromatic N) is 1. The minimum atomic E-state index is -0.676. The maximum Gasteiger partial charge on any atom is 0.328 e. The summed E-state index contributed by atoms with van der Waals surface area (Å²) in [6.07, 6.45) is 4.09. The summed E-state index contributed by atoms with van der Waals surface area (Å²) in [4.78, 5) is 31.9. The Hall–Kier alpha value is -2.54. The Bertz CT molecular complexity index is 922. The summed E-state index contributed by atoms with van der Waals surface area (Å²) in [7, 11) is 1.32. The molecule has 3 rings (SSSR count). The van der Waals surface area contributed by atoms with E-state index >= 15 is 0 Å². The number of aromatic nitrogens is 2. The minimum Gasteiger partial charge on any atom is -0.467 e. The molecular formula is C18H19N3O3S. The van der Waals surface area contributed by atoms with Crippen molar-refractivity contribution in [1.82, 2.24) is 15.3 Å². The quantitative estimate of drug-likeness (QED) is 0.663. The monoisotopic (exact) mass is 357 g/mol. The summed E-state index contributed by atoms with van der Waals surface area (Å²) >= 11 is 1.61. The highest BCUT2D eigenvalue weighted by atomic mass is 32.2. The lowest BCUT2D eigenvalue weighted by atomic mass is 10.1. The number of fused-ring (bicyclic) bond motifs is 3. The van der Waals surface area contributed by atoms with E-state index in [1.165, 1.54) is 7.11 Å². The number of rotatable bonds is 6. The number of para-hydroxylation sites is 1. The molecule has 0 saturated carbocycles. The Balaban J connectivity index is 1.88. The van der Waals surface area contributed by atoms with E-state index in [1.807, 2.05) is 30.5 Å². The standard InChI is InChI=1S/C18H19N3O3S/c1-24-18(23)14(7-8-25-2)21-17(22)15-9-12-11-5-3-4-6-13(11)20-16(12)10-19-15/h3-6,9-10,14,20H,7-8H2,1-2H3,(H,21,22)/t14-/m0/s1. The third-order valence-electron chi connectivity index (χ3n) is 4.02. The van der Waals surface area contributed by atoms with Crippen molar-refractivity contribution in [3.63, 3.8) is 0 Å². The third-order valence-corrected chi connectivity index (χ3v) is 4.67. The Kier molecular flexibility index (Phi) is 5.23. The molecule has 0 unspecified atom stereocenters. The number of ether oxygens (including phenoxy) is 1. The van der Waals surface area contributed by atoms with Crippen LogP contribution in [0.25, 0.3) is 21.8 Å². The second kappa shape index (κ2) is 7.57. The smallest absolute Gasteiger partial charge is 0.328 e. The van der Waals surface area contributed by atoms with Gasteiger partial charge in [-0.15, -0.1) is 0 Å². The molecule has 0 aliphatic rings. The molecule has 1 aromatic carbocycles. The van der Waals surface area contributed by atoms with Gasteiger partial charge in [-0.1, -0.05) is 18.2 Å². The first kappa shape index (κ1) is 17.3. The molecular weight excluding hydrogens is 338 g/mol. The maximum absolute atomic E-state index is 12.5. The van der Waals surface area contributed by atoms with Crippen LogP contribution in [0.4, 0.5) is 0 Å². The topological polar surface area (TPSA) is 84.1 Å². The summed E-state index contributed by atoms with van der Waals surface area (Å²) in [5.74, 6) is -0.0890. The Morgan fingerprint density at radius 1 is 1.28 bits per heavy atom. The molecule has 7 heteroatoms. The number of methoxy groups -OCH3 is 1. The number of esters is 1. The van der Waals surface area contributed by atoms with Crippen LogP contribution in [-0.4, -0.2) is 47.0 Å². The van der Waals surface area contributed by atoms with Crippen molar-refractivity contribution in [1.29, 1.82) is 0 Å². The molecule has 0 spiro atoms. The predicted molar refractivity (Wildman–Crippen MR) is 99.9 cm³/mol. The zero-order valence-electron chi connectivity index (χ0n) is 14.0. The number of amides is 1. The summed E-state index contributed by atoms with van der Waals surface area (Å²) in [5.41, 5.74) is 2.13. The summed E-state index contributed by atoms with van der Waals surface area (Å²) in [6.45, 7) is 0. The van der Waals surface area contributed by atoms with Crippen molar-refractivity contribution < 1.29 is 14.3 Å². The normalized spacial score (nSPS) is 12.2. The van der Waals surface area contributed by atoms with Crippen LogP contribution in [0.1, 0.15) is 16.9 Å². The maximum atomic E-state index is 12.5. The fourth-order valence-electron chi connectivity index (χ4n) is 2.73. The van der Waals surface area contributed by atoms with Gasteiger partial charge in [-0.25, -0.2) is 9.78 Å². The van der Waals surface area contributed by atoms with E-state index in [0.29, 0.717) is 6.42 Å². The van der Waals surface area contributed by atoms with E-state index in [-0.39, 0.29) is 11.6 Å². The molecule has 2 aromatic heterocycles. The minimum absolute atomic E-state index is 0.273. The van der Waals surface area contributed by atoms with Crippen molar-refractivity contribution in [3.8, 4) is 0 Å². The van der Waals surface area contributed by atoms with Crippen molar-refractivity contribution in [2.45, 2.75) is 12.5 Å². The lowest BCUT2D eigenvalue weighted by Gasteiger charge is -2.15. The summed E-state index contributed by atoms with van der Waals surface area (Å²) in [5, 5.41) is 4.68. The van der Waals surface area contributed by atoms with Gasteiger partial charge in [0.2, 0.25) is 0 Å². The van der Waals surface area contributed by atoms with E-state index < -0.39 is 12.0 Å². The molecule has 2 heterocycles. The van der Waals surface area contributed by atoms with Crippen LogP contribution in [0.3, 0.4) is 0 Å². The van der Waals surface area contributed by atoms with Crippen LogP contribution in [0.5, 0.6) is 0 Å². The first-order chi connectivity index (χ1) is 12.1. The van der Waals surface area contributed by atoms with Gasteiger partial charge in [0.1, 0.15) is 11.7 Å². The fourth-order valence-corrected chi connectivity index (χ4v) is 3.20. The summed E-state index contributed by atoms with van der Waals surface area (Å²) < 4.78 is 4.77. The van der Waals surface area contributed by atoms with Crippen LogP contribution in [0, 0.1) is 0 Å². The number of aromatic amines is 1. The molecule has 6 nitrogen and oxygen atoms in total. The highest BCUT2D eigenvalue weighted by molar-refractivity contribution is 7.98. The number of thioether (sulfide) groups is 1. The van der Waals surface area contributed by atoms with Crippen LogP contribution in [0.2, 0.25) is 0 Å². The highest BCUT2D eigenvalue weighted by Crippen LogP contribution is 2.25. The van der Waals surface area contributed by atoms with Crippen LogP contribution in [-0.2, 0) is 9.53 Å². The Morgan fingerprint density at radius 3 is 2.84 bits per heavy atom. The molecule has 1 atom stereocenters. The number of benzene rings is 1. The van der Waals surface area contributed by atoms with Gasteiger partial charge < -0.3 is 15.0 Å². The number of nitrogens with one attached hydrogen (secondary N) is 2. The molecule has 0 fully saturated rings. The van der Waals surface area contributed by atoms with E-state index in [4.69, 9.17) is 4.74 Å². The molecule has 0 radical (unpaired) electrons. The van der Waals surface area contributed by atoms with Crippen molar-refractivity contribution in [3.05, 3.63) is 42.2 Å². The first-order valence-electron chi connectivity index (χ1n) is 7.88. The number of carbonyl (C=O) groups is 2. The number of H-pyrrole nitrogens is 1. The molecule has 2 N–H and O–H groups in total. The largest absolute Gasteiger partial charge is 0.467 e. The Labute approximate surface area is 149 Å². The second-order valence-electron chi connectivity index (χ2n) is 5.62. The molecule has 0 aliphatic carbocycles. The lowest BCUT2D eigenvalue weighted by Crippen LogP contribution is -2.42. The van der Waals surface area contributed by atoms with Gasteiger partial charge in [0.15, 0.2) is 0 Å². The van der Waals surface area contributed by atoms with Gasteiger partial charge in [0, 0.05) is 16.3 Å². The SMILES string of the molecule is COC(=O)[C@H](CCSC)NC(=O)c1cc2c(cn1)[nH]c1ccccc12. The van der Waals surface area contributed by atoms with E-state index in [2.05, 4.69) is 15.3 Å². The average Bonchev–Trinajstić information content (AvgIpc) is 3.02. The lowest BCUT2D eigenvalue weighted by molar-refractivity contribution is -0.142. The molecule has 0 aliphatic heterocycles. The first-order valence-corrected chi connectivity index (χ1v) is 9.27. The number of pyridine rings is 1. The highest BCUT2D eigenvalue weighted by Gasteiger charge is 2.22. The van der Waals surface area contributed by atoms with Crippen LogP contribution in [0.15, 0.2) is 36.5 Å². The summed E-state index contributed by atoms with van der Waals surface area (Å²) in [6, 6.07) is 8.94. The molecule has 1 amide bonds. The van der Waals surface area contributed by atoms with E-state index in [1.54, 1.807) is 24.0 Å². The van der Waals surface area contributed by atoms with Gasteiger partial charge in [0.25, 0.3) is 5.91 Å². The fraction of sp³-hybridized carbons (Fsp3) is 0.278. The zero-order chi connectivity index (χ0) is 17.8. The molecule has 3 aromatic rings. The van der Waals surface area contributed by atoms with Gasteiger partial charge >= 0.3 is 5.97 Å². The number of carbonyl (C=O) groups excluding carboxylic acids is 2. The second-order valence-corrected chi connectivity index (χ2v) is 6.60. The van der Waals surface area contributed by atoms with Gasteiger partial charge in [-0.2, -0.15) is 11.8 Å². The van der Waals surface area contributed by atoms with Crippen LogP contribution >= 0.6 is 11.8 Å². The zero-order valence-corrected chi connectivity index (χ0v) is 14.9. The Morgan fingerprint density at radius 2 is 2.08 bits per heavy atom.